The fourth-order valence-corrected chi connectivity index (χ4v) is 3.69. The van der Waals surface area contributed by atoms with Crippen LogP contribution in [-0.2, 0) is 0 Å². The number of rotatable bonds is 5. The van der Waals surface area contributed by atoms with Crippen LogP contribution in [0, 0.1) is 5.82 Å². The van der Waals surface area contributed by atoms with E-state index in [0.717, 1.165) is 4.70 Å². The summed E-state index contributed by atoms with van der Waals surface area (Å²) in [6.07, 6.45) is 0. The first-order valence-electron chi connectivity index (χ1n) is 8.40. The molecule has 0 aliphatic rings. The number of anilines is 1. The van der Waals surface area contributed by atoms with Crippen LogP contribution in [0.25, 0.3) is 21.5 Å². The molecule has 0 fully saturated rings. The van der Waals surface area contributed by atoms with Crippen molar-refractivity contribution in [2.24, 2.45) is 5.10 Å². The summed E-state index contributed by atoms with van der Waals surface area (Å²) in [7, 11) is 0. The zero-order valence-corrected chi connectivity index (χ0v) is 16.5. The quantitative estimate of drug-likeness (QED) is 0.305. The van der Waals surface area contributed by atoms with Gasteiger partial charge in [-0.05, 0) is 55.5 Å². The zero-order valence-electron chi connectivity index (χ0n) is 14.9. The minimum atomic E-state index is -1.11. The van der Waals surface area contributed by atoms with Gasteiger partial charge in [0.1, 0.15) is 17.3 Å². The molecule has 0 spiro atoms. The number of carboxylic acids is 1. The second-order valence-corrected chi connectivity index (χ2v) is 7.54. The maximum atomic E-state index is 13.3. The van der Waals surface area contributed by atoms with Crippen LogP contribution in [0.2, 0.25) is 5.02 Å². The number of nitrogens with zero attached hydrogens (tertiary/aromatic N) is 2. The van der Waals surface area contributed by atoms with E-state index in [1.165, 1.54) is 35.6 Å². The number of nitrogens with one attached hydrogen (secondary N) is 1. The Balaban J connectivity index is 1.55. The van der Waals surface area contributed by atoms with Gasteiger partial charge in [-0.1, -0.05) is 22.9 Å². The molecule has 0 aliphatic heterocycles. The highest BCUT2D eigenvalue weighted by atomic mass is 35.5. The van der Waals surface area contributed by atoms with Crippen LogP contribution in [0.5, 0.6) is 0 Å². The first-order chi connectivity index (χ1) is 13.9. The lowest BCUT2D eigenvalue weighted by Crippen LogP contribution is -1.98. The van der Waals surface area contributed by atoms with E-state index in [1.807, 2.05) is 0 Å². The predicted octanol–water partition coefficient (Wildman–Crippen LogP) is 5.88. The Kier molecular flexibility index (Phi) is 5.04. The molecule has 2 N–H and O–H groups in total. The Morgan fingerprint density at radius 1 is 1.24 bits per heavy atom. The molecule has 4 aromatic rings. The Morgan fingerprint density at radius 3 is 2.86 bits per heavy atom. The highest BCUT2D eigenvalue weighted by Crippen LogP contribution is 2.28. The van der Waals surface area contributed by atoms with Gasteiger partial charge in [-0.15, -0.1) is 0 Å². The summed E-state index contributed by atoms with van der Waals surface area (Å²) in [5, 5.41) is 14.2. The van der Waals surface area contributed by atoms with Crippen molar-refractivity contribution in [1.29, 1.82) is 0 Å². The number of carbonyl (C=O) groups is 1. The SMILES string of the molecule is C/C(=N\Nc1nc2ccc(F)cc2s1)c1ccc(-c2ccc(Cl)c(C(=O)O)c2)o1. The Labute approximate surface area is 173 Å². The van der Waals surface area contributed by atoms with E-state index in [-0.39, 0.29) is 16.4 Å². The third-order valence-electron chi connectivity index (χ3n) is 4.11. The van der Waals surface area contributed by atoms with E-state index < -0.39 is 5.97 Å². The summed E-state index contributed by atoms with van der Waals surface area (Å²) in [5.74, 6) is -0.430. The summed E-state index contributed by atoms with van der Waals surface area (Å²) < 4.78 is 19.8. The number of carboxylic acid groups (broad SMARTS) is 1. The number of thiazole rings is 1. The van der Waals surface area contributed by atoms with Crippen molar-refractivity contribution < 1.29 is 18.7 Å². The average Bonchev–Trinajstić information content (AvgIpc) is 3.33. The third-order valence-corrected chi connectivity index (χ3v) is 5.37. The lowest BCUT2D eigenvalue weighted by atomic mass is 10.1. The molecule has 2 aromatic carbocycles. The van der Waals surface area contributed by atoms with Crippen molar-refractivity contribution in [3.63, 3.8) is 0 Å². The monoisotopic (exact) mass is 429 g/mol. The van der Waals surface area contributed by atoms with Gasteiger partial charge < -0.3 is 9.52 Å². The first kappa shape index (κ1) is 19.1. The van der Waals surface area contributed by atoms with E-state index >= 15 is 0 Å². The maximum absolute atomic E-state index is 13.3. The molecule has 0 aliphatic carbocycles. The van der Waals surface area contributed by atoms with Crippen molar-refractivity contribution in [3.05, 3.63) is 70.7 Å². The Morgan fingerprint density at radius 2 is 2.07 bits per heavy atom. The molecule has 0 saturated carbocycles. The van der Waals surface area contributed by atoms with E-state index in [4.69, 9.17) is 16.0 Å². The van der Waals surface area contributed by atoms with Crippen molar-refractivity contribution in [2.75, 3.05) is 5.43 Å². The van der Waals surface area contributed by atoms with Gasteiger partial charge in [-0.25, -0.2) is 14.2 Å². The van der Waals surface area contributed by atoms with E-state index in [9.17, 15) is 14.3 Å². The molecule has 0 saturated heterocycles. The molecule has 9 heteroatoms. The number of halogens is 2. The third kappa shape index (κ3) is 3.98. The van der Waals surface area contributed by atoms with E-state index in [0.29, 0.717) is 33.4 Å². The molecule has 6 nitrogen and oxygen atoms in total. The van der Waals surface area contributed by atoms with Crippen molar-refractivity contribution in [2.45, 2.75) is 6.92 Å². The number of aromatic carboxylic acids is 1. The second-order valence-electron chi connectivity index (χ2n) is 6.10. The normalized spacial score (nSPS) is 11.8. The van der Waals surface area contributed by atoms with E-state index in [2.05, 4.69) is 15.5 Å². The number of hydrazone groups is 1. The van der Waals surface area contributed by atoms with E-state index in [1.54, 1.807) is 31.2 Å². The molecule has 0 unspecified atom stereocenters. The van der Waals surface area contributed by atoms with Crippen LogP contribution in [0.15, 0.2) is 58.0 Å². The van der Waals surface area contributed by atoms with Gasteiger partial charge in [0.2, 0.25) is 5.13 Å². The van der Waals surface area contributed by atoms with Gasteiger partial charge >= 0.3 is 5.97 Å². The molecule has 146 valence electrons. The molecular formula is C20H13ClFN3O3S. The molecule has 0 amide bonds. The Bertz CT molecular complexity index is 1270. The molecular weight excluding hydrogens is 417 g/mol. The van der Waals surface area contributed by atoms with Gasteiger partial charge in [0.15, 0.2) is 5.76 Å². The summed E-state index contributed by atoms with van der Waals surface area (Å²) in [6.45, 7) is 1.76. The fraction of sp³-hybridized carbons (Fsp3) is 0.0500. The standard InChI is InChI=1S/C20H13ClFN3O3S/c1-10(24-25-20-23-15-5-3-12(22)9-18(15)29-20)16-6-7-17(28-16)11-2-4-14(21)13(8-11)19(26)27/h2-9H,1H3,(H,23,25)(H,26,27)/b24-10+. The Hall–Kier alpha value is -3.23. The predicted molar refractivity (Wildman–Crippen MR) is 112 cm³/mol. The van der Waals surface area contributed by atoms with Crippen molar-refractivity contribution >= 4 is 50.0 Å². The number of hydrogen-bond acceptors (Lipinski definition) is 6. The molecule has 2 heterocycles. The molecule has 0 radical (unpaired) electrons. The number of furan rings is 1. The number of hydrogen-bond donors (Lipinski definition) is 2. The van der Waals surface area contributed by atoms with Gasteiger partial charge in [-0.2, -0.15) is 5.10 Å². The molecule has 29 heavy (non-hydrogen) atoms. The molecule has 2 aromatic heterocycles. The van der Waals surface area contributed by atoms with Crippen LogP contribution >= 0.6 is 22.9 Å². The maximum Gasteiger partial charge on any atom is 0.337 e. The molecule has 4 rings (SSSR count). The highest BCUT2D eigenvalue weighted by molar-refractivity contribution is 7.22. The van der Waals surface area contributed by atoms with Gasteiger partial charge in [0, 0.05) is 5.56 Å². The van der Waals surface area contributed by atoms with Crippen LogP contribution < -0.4 is 5.43 Å². The number of benzene rings is 2. The van der Waals surface area contributed by atoms with Crippen LogP contribution in [-0.4, -0.2) is 21.8 Å². The van der Waals surface area contributed by atoms with Gasteiger partial charge in [0.05, 0.1) is 20.8 Å². The fourth-order valence-electron chi connectivity index (χ4n) is 2.66. The summed E-state index contributed by atoms with van der Waals surface area (Å²) in [4.78, 5) is 15.6. The van der Waals surface area contributed by atoms with Gasteiger partial charge in [0.25, 0.3) is 0 Å². The zero-order chi connectivity index (χ0) is 20.5. The highest BCUT2D eigenvalue weighted by Gasteiger charge is 2.13. The second kappa shape index (κ2) is 7.65. The topological polar surface area (TPSA) is 87.7 Å². The smallest absolute Gasteiger partial charge is 0.337 e. The van der Waals surface area contributed by atoms with Crippen LogP contribution in [0.1, 0.15) is 23.0 Å². The lowest BCUT2D eigenvalue weighted by molar-refractivity contribution is 0.0697. The lowest BCUT2D eigenvalue weighted by Gasteiger charge is -2.02. The van der Waals surface area contributed by atoms with Crippen molar-refractivity contribution in [3.8, 4) is 11.3 Å². The van der Waals surface area contributed by atoms with Gasteiger partial charge in [-0.3, -0.25) is 5.43 Å². The number of fused-ring (bicyclic) bond motifs is 1. The minimum Gasteiger partial charge on any atom is -0.478 e. The summed E-state index contributed by atoms with van der Waals surface area (Å²) in [5.41, 5.74) is 4.69. The first-order valence-corrected chi connectivity index (χ1v) is 9.60. The summed E-state index contributed by atoms with van der Waals surface area (Å²) in [6, 6.07) is 12.5. The minimum absolute atomic E-state index is 0.00134. The molecule has 0 bridgehead atoms. The largest absolute Gasteiger partial charge is 0.478 e. The summed E-state index contributed by atoms with van der Waals surface area (Å²) >= 11 is 7.20. The van der Waals surface area contributed by atoms with Crippen LogP contribution in [0.3, 0.4) is 0 Å². The van der Waals surface area contributed by atoms with Crippen molar-refractivity contribution in [1.82, 2.24) is 4.98 Å². The number of aromatic nitrogens is 1. The molecule has 0 atom stereocenters. The average molecular weight is 430 g/mol. The van der Waals surface area contributed by atoms with Crippen LogP contribution in [0.4, 0.5) is 9.52 Å².